The Morgan fingerprint density at radius 1 is 1.17 bits per heavy atom. The van der Waals surface area contributed by atoms with Gasteiger partial charge < -0.3 is 10.2 Å². The minimum absolute atomic E-state index is 0.0613. The molecule has 18 heavy (non-hydrogen) atoms. The summed E-state index contributed by atoms with van der Waals surface area (Å²) in [7, 11) is 3.93. The van der Waals surface area contributed by atoms with Gasteiger partial charge in [0.05, 0.1) is 5.56 Å². The van der Waals surface area contributed by atoms with Crippen LogP contribution in [0, 0.1) is 0 Å². The highest BCUT2D eigenvalue weighted by atomic mass is 16.1. The molecule has 1 aliphatic rings. The second kappa shape index (κ2) is 5.89. The average molecular weight is 246 g/mol. The van der Waals surface area contributed by atoms with E-state index >= 15 is 0 Å². The fourth-order valence-electron chi connectivity index (χ4n) is 2.57. The van der Waals surface area contributed by atoms with Crippen molar-refractivity contribution >= 4 is 11.6 Å². The lowest BCUT2D eigenvalue weighted by molar-refractivity contribution is 0.0928. The summed E-state index contributed by atoms with van der Waals surface area (Å²) in [5.74, 6) is 0.0613. The zero-order valence-electron chi connectivity index (χ0n) is 11.3. The topological polar surface area (TPSA) is 32.3 Å². The van der Waals surface area contributed by atoms with Crippen LogP contribution in [0.2, 0.25) is 0 Å². The van der Waals surface area contributed by atoms with Gasteiger partial charge in [-0.15, -0.1) is 0 Å². The van der Waals surface area contributed by atoms with Gasteiger partial charge >= 0.3 is 0 Å². The number of hydrogen-bond acceptors (Lipinski definition) is 2. The number of carbonyl (C=O) groups is 1. The lowest BCUT2D eigenvalue weighted by atomic mass is 9.95. The first kappa shape index (κ1) is 12.9. The third-order valence-electron chi connectivity index (χ3n) is 3.57. The Balaban J connectivity index is 2.08. The van der Waals surface area contributed by atoms with E-state index < -0.39 is 0 Å². The number of amides is 1. The lowest BCUT2D eigenvalue weighted by Crippen LogP contribution is -2.36. The van der Waals surface area contributed by atoms with E-state index in [9.17, 15) is 4.79 Å². The molecule has 0 radical (unpaired) electrons. The van der Waals surface area contributed by atoms with Crippen LogP contribution in [-0.2, 0) is 0 Å². The minimum atomic E-state index is 0.0613. The summed E-state index contributed by atoms with van der Waals surface area (Å²) in [5, 5.41) is 3.16. The Bertz CT molecular complexity index is 409. The number of benzene rings is 1. The Labute approximate surface area is 109 Å². The van der Waals surface area contributed by atoms with E-state index in [-0.39, 0.29) is 5.91 Å². The highest BCUT2D eigenvalue weighted by Crippen LogP contribution is 2.21. The second-order valence-electron chi connectivity index (χ2n) is 5.22. The van der Waals surface area contributed by atoms with Crippen molar-refractivity contribution in [3.05, 3.63) is 29.8 Å². The van der Waals surface area contributed by atoms with E-state index in [1.54, 1.807) is 0 Å². The van der Waals surface area contributed by atoms with Crippen molar-refractivity contribution in [1.82, 2.24) is 5.32 Å². The Morgan fingerprint density at radius 2 is 1.83 bits per heavy atom. The standard InChI is InChI=1S/C15H22N2O/c1-17(2)14-11-7-6-10-13(14)15(18)16-12-8-4-3-5-9-12/h6-7,10-12H,3-5,8-9H2,1-2H3,(H,16,18). The molecule has 0 bridgehead atoms. The molecule has 0 saturated heterocycles. The van der Waals surface area contributed by atoms with Crippen LogP contribution in [0.15, 0.2) is 24.3 Å². The molecule has 1 aromatic carbocycles. The first-order chi connectivity index (χ1) is 8.68. The molecule has 1 saturated carbocycles. The summed E-state index contributed by atoms with van der Waals surface area (Å²) >= 11 is 0. The number of nitrogens with one attached hydrogen (secondary N) is 1. The molecule has 1 amide bonds. The monoisotopic (exact) mass is 246 g/mol. The predicted octanol–water partition coefficient (Wildman–Crippen LogP) is 2.82. The summed E-state index contributed by atoms with van der Waals surface area (Å²) in [6.45, 7) is 0. The highest BCUT2D eigenvalue weighted by Gasteiger charge is 2.18. The van der Waals surface area contributed by atoms with Gasteiger partial charge in [0, 0.05) is 25.8 Å². The second-order valence-corrected chi connectivity index (χ2v) is 5.22. The van der Waals surface area contributed by atoms with E-state index in [1.165, 1.54) is 19.3 Å². The minimum Gasteiger partial charge on any atom is -0.377 e. The predicted molar refractivity (Wildman–Crippen MR) is 75.1 cm³/mol. The van der Waals surface area contributed by atoms with E-state index in [4.69, 9.17) is 0 Å². The molecule has 0 unspecified atom stereocenters. The molecule has 2 rings (SSSR count). The molecule has 3 heteroatoms. The van der Waals surface area contributed by atoms with Gasteiger partial charge in [-0.2, -0.15) is 0 Å². The quantitative estimate of drug-likeness (QED) is 0.889. The first-order valence-corrected chi connectivity index (χ1v) is 6.75. The van der Waals surface area contributed by atoms with Crippen LogP contribution in [0.25, 0.3) is 0 Å². The number of nitrogens with zero attached hydrogens (tertiary/aromatic N) is 1. The molecule has 1 aliphatic carbocycles. The largest absolute Gasteiger partial charge is 0.377 e. The zero-order valence-corrected chi connectivity index (χ0v) is 11.3. The van der Waals surface area contributed by atoms with Gasteiger partial charge in [-0.3, -0.25) is 4.79 Å². The molecule has 1 fully saturated rings. The van der Waals surface area contributed by atoms with Crippen LogP contribution in [0.1, 0.15) is 42.5 Å². The van der Waals surface area contributed by atoms with Crippen molar-refractivity contribution in [2.75, 3.05) is 19.0 Å². The van der Waals surface area contributed by atoms with Gasteiger partial charge in [0.25, 0.3) is 5.91 Å². The summed E-state index contributed by atoms with van der Waals surface area (Å²) in [5.41, 5.74) is 1.75. The molecule has 0 atom stereocenters. The highest BCUT2D eigenvalue weighted by molar-refractivity contribution is 5.99. The maximum atomic E-state index is 12.3. The maximum absolute atomic E-state index is 12.3. The summed E-state index contributed by atoms with van der Waals surface area (Å²) < 4.78 is 0. The van der Waals surface area contributed by atoms with Gasteiger partial charge in [0.1, 0.15) is 0 Å². The van der Waals surface area contributed by atoms with E-state index in [2.05, 4.69) is 5.32 Å². The van der Waals surface area contributed by atoms with Gasteiger partial charge in [0.2, 0.25) is 0 Å². The summed E-state index contributed by atoms with van der Waals surface area (Å²) in [6.07, 6.45) is 6.02. The molecular formula is C15H22N2O. The Morgan fingerprint density at radius 3 is 2.50 bits per heavy atom. The smallest absolute Gasteiger partial charge is 0.253 e. The van der Waals surface area contributed by atoms with Gasteiger partial charge in [-0.25, -0.2) is 0 Å². The van der Waals surface area contributed by atoms with E-state index in [0.717, 1.165) is 24.1 Å². The van der Waals surface area contributed by atoms with Crippen LogP contribution in [0.3, 0.4) is 0 Å². The molecule has 0 aromatic heterocycles. The zero-order chi connectivity index (χ0) is 13.0. The van der Waals surface area contributed by atoms with Crippen molar-refractivity contribution in [3.63, 3.8) is 0 Å². The summed E-state index contributed by atoms with van der Waals surface area (Å²) in [4.78, 5) is 14.3. The van der Waals surface area contributed by atoms with Gasteiger partial charge in [-0.05, 0) is 25.0 Å². The SMILES string of the molecule is CN(C)c1ccccc1C(=O)NC1CCCCC1. The first-order valence-electron chi connectivity index (χ1n) is 6.75. The Hall–Kier alpha value is -1.51. The van der Waals surface area contributed by atoms with Crippen molar-refractivity contribution in [1.29, 1.82) is 0 Å². The van der Waals surface area contributed by atoms with Crippen molar-refractivity contribution in [3.8, 4) is 0 Å². The van der Waals surface area contributed by atoms with E-state index in [1.807, 2.05) is 43.3 Å². The number of carbonyl (C=O) groups excluding carboxylic acids is 1. The number of rotatable bonds is 3. The van der Waals surface area contributed by atoms with E-state index in [0.29, 0.717) is 6.04 Å². The van der Waals surface area contributed by atoms with Crippen molar-refractivity contribution in [2.24, 2.45) is 0 Å². The van der Waals surface area contributed by atoms with Gasteiger partial charge in [0.15, 0.2) is 0 Å². The molecule has 1 N–H and O–H groups in total. The van der Waals surface area contributed by atoms with Crippen LogP contribution in [0.5, 0.6) is 0 Å². The average Bonchev–Trinajstić information content (AvgIpc) is 2.40. The van der Waals surface area contributed by atoms with Crippen LogP contribution >= 0.6 is 0 Å². The number of anilines is 1. The van der Waals surface area contributed by atoms with Crippen LogP contribution < -0.4 is 10.2 Å². The Kier molecular flexibility index (Phi) is 4.24. The van der Waals surface area contributed by atoms with Crippen LogP contribution in [-0.4, -0.2) is 26.0 Å². The molecule has 0 aliphatic heterocycles. The molecular weight excluding hydrogens is 224 g/mol. The fraction of sp³-hybridized carbons (Fsp3) is 0.533. The van der Waals surface area contributed by atoms with Gasteiger partial charge in [-0.1, -0.05) is 31.4 Å². The third-order valence-corrected chi connectivity index (χ3v) is 3.57. The number of para-hydroxylation sites is 1. The number of hydrogen-bond donors (Lipinski definition) is 1. The van der Waals surface area contributed by atoms with Crippen LogP contribution in [0.4, 0.5) is 5.69 Å². The van der Waals surface area contributed by atoms with Crippen molar-refractivity contribution in [2.45, 2.75) is 38.1 Å². The molecule has 3 nitrogen and oxygen atoms in total. The lowest BCUT2D eigenvalue weighted by Gasteiger charge is -2.24. The third kappa shape index (κ3) is 3.03. The fourth-order valence-corrected chi connectivity index (χ4v) is 2.57. The normalized spacial score (nSPS) is 16.3. The molecule has 0 spiro atoms. The molecule has 0 heterocycles. The molecule has 98 valence electrons. The molecule has 1 aromatic rings. The summed E-state index contributed by atoms with van der Waals surface area (Å²) in [6, 6.07) is 8.13. The van der Waals surface area contributed by atoms with Crippen molar-refractivity contribution < 1.29 is 4.79 Å². The maximum Gasteiger partial charge on any atom is 0.253 e.